The molecule has 4 aliphatic carbocycles. The van der Waals surface area contributed by atoms with E-state index in [2.05, 4.69) is 6.92 Å². The van der Waals surface area contributed by atoms with E-state index in [1.807, 2.05) is 19.9 Å². The monoisotopic (exact) mass is 416 g/mol. The number of fused-ring (bicyclic) bond motifs is 5. The third-order valence-electron chi connectivity index (χ3n) is 8.91. The summed E-state index contributed by atoms with van der Waals surface area (Å²) in [6.07, 6.45) is 7.15. The van der Waals surface area contributed by atoms with Crippen molar-refractivity contribution in [3.8, 4) is 0 Å². The lowest BCUT2D eigenvalue weighted by Gasteiger charge is -2.59. The molecule has 4 rings (SSSR count). The van der Waals surface area contributed by atoms with E-state index in [-0.39, 0.29) is 34.9 Å². The Kier molecular flexibility index (Phi) is 4.90. The lowest BCUT2D eigenvalue weighted by molar-refractivity contribution is -0.185. The summed E-state index contributed by atoms with van der Waals surface area (Å²) in [4.78, 5) is 36.2. The highest BCUT2D eigenvalue weighted by Crippen LogP contribution is 2.68. The zero-order chi connectivity index (χ0) is 22.1. The number of aliphatic hydroxyl groups is 2. The van der Waals surface area contributed by atoms with E-state index in [0.717, 1.165) is 18.4 Å². The van der Waals surface area contributed by atoms with Crippen molar-refractivity contribution < 1.29 is 29.3 Å². The van der Waals surface area contributed by atoms with Crippen LogP contribution in [0.1, 0.15) is 53.4 Å². The maximum absolute atomic E-state index is 13.1. The van der Waals surface area contributed by atoms with Gasteiger partial charge in [0.25, 0.3) is 0 Å². The molecule has 164 valence electrons. The van der Waals surface area contributed by atoms with Crippen LogP contribution in [0.4, 0.5) is 0 Å². The first-order chi connectivity index (χ1) is 13.9. The minimum absolute atomic E-state index is 0.00371. The fourth-order valence-corrected chi connectivity index (χ4v) is 7.53. The second kappa shape index (κ2) is 6.86. The molecule has 0 unspecified atom stereocenters. The molecule has 2 N–H and O–H groups in total. The number of aliphatic hydroxyl groups excluding tert-OH is 1. The van der Waals surface area contributed by atoms with Gasteiger partial charge in [0, 0.05) is 23.7 Å². The Morgan fingerprint density at radius 3 is 2.67 bits per heavy atom. The van der Waals surface area contributed by atoms with Gasteiger partial charge in [0.2, 0.25) is 5.78 Å². The van der Waals surface area contributed by atoms with Crippen LogP contribution in [-0.2, 0) is 19.1 Å². The molecule has 3 fully saturated rings. The van der Waals surface area contributed by atoms with Crippen LogP contribution < -0.4 is 0 Å². The zero-order valence-electron chi connectivity index (χ0n) is 18.2. The predicted molar refractivity (Wildman–Crippen MR) is 109 cm³/mol. The first-order valence-corrected chi connectivity index (χ1v) is 11.0. The number of carbonyl (C=O) groups is 3. The molecular formula is C24H32O6. The van der Waals surface area contributed by atoms with Gasteiger partial charge in [-0.1, -0.05) is 32.4 Å². The van der Waals surface area contributed by atoms with Crippen LogP contribution in [0.5, 0.6) is 0 Å². The van der Waals surface area contributed by atoms with Gasteiger partial charge < -0.3 is 14.9 Å². The summed E-state index contributed by atoms with van der Waals surface area (Å²) in [5.74, 6) is -1.19. The number of ether oxygens (including phenoxy) is 1. The third-order valence-corrected chi connectivity index (χ3v) is 8.91. The van der Waals surface area contributed by atoms with Crippen molar-refractivity contribution in [1.82, 2.24) is 0 Å². The van der Waals surface area contributed by atoms with Crippen molar-refractivity contribution in [2.24, 2.45) is 34.5 Å². The summed E-state index contributed by atoms with van der Waals surface area (Å²) in [6, 6.07) is 0. The molecule has 0 aromatic rings. The number of carbonyl (C=O) groups excluding carboxylic acids is 3. The fraction of sp³-hybridized carbons (Fsp3) is 0.708. The Morgan fingerprint density at radius 2 is 2.00 bits per heavy atom. The van der Waals surface area contributed by atoms with Crippen LogP contribution in [0.2, 0.25) is 0 Å². The van der Waals surface area contributed by atoms with Crippen LogP contribution in [-0.4, -0.2) is 46.1 Å². The molecule has 3 saturated carbocycles. The summed E-state index contributed by atoms with van der Waals surface area (Å²) in [7, 11) is 0. The molecule has 6 nitrogen and oxygen atoms in total. The summed E-state index contributed by atoms with van der Waals surface area (Å²) in [5.41, 5.74) is -1.75. The molecule has 0 amide bonds. The van der Waals surface area contributed by atoms with E-state index in [4.69, 9.17) is 4.74 Å². The van der Waals surface area contributed by atoms with Crippen LogP contribution in [0.3, 0.4) is 0 Å². The van der Waals surface area contributed by atoms with Crippen LogP contribution in [0.15, 0.2) is 23.8 Å². The topological polar surface area (TPSA) is 101 Å². The maximum Gasteiger partial charge on any atom is 0.303 e. The Balaban J connectivity index is 1.70. The largest absolute Gasteiger partial charge is 0.458 e. The number of esters is 1. The van der Waals surface area contributed by atoms with Gasteiger partial charge in [0.05, 0.1) is 6.10 Å². The quantitative estimate of drug-likeness (QED) is 0.685. The molecule has 0 spiro atoms. The third kappa shape index (κ3) is 2.72. The predicted octanol–water partition coefficient (Wildman–Crippen LogP) is 2.37. The zero-order valence-corrected chi connectivity index (χ0v) is 18.2. The van der Waals surface area contributed by atoms with Crippen molar-refractivity contribution >= 4 is 17.5 Å². The van der Waals surface area contributed by atoms with E-state index in [0.29, 0.717) is 12.8 Å². The van der Waals surface area contributed by atoms with Crippen molar-refractivity contribution in [3.05, 3.63) is 23.8 Å². The lowest BCUT2D eigenvalue weighted by Crippen LogP contribution is -2.62. The molecule has 6 heteroatoms. The number of Topliss-reactive ketones (excluding diaryl/α,β-unsaturated/α-hetero) is 1. The van der Waals surface area contributed by atoms with Crippen molar-refractivity contribution in [1.29, 1.82) is 0 Å². The van der Waals surface area contributed by atoms with Crippen molar-refractivity contribution in [3.63, 3.8) is 0 Å². The fourth-order valence-electron chi connectivity index (χ4n) is 7.53. The van der Waals surface area contributed by atoms with Gasteiger partial charge in [-0.2, -0.15) is 0 Å². The summed E-state index contributed by atoms with van der Waals surface area (Å²) >= 11 is 0. The highest BCUT2D eigenvalue weighted by atomic mass is 16.5. The van der Waals surface area contributed by atoms with Crippen LogP contribution in [0.25, 0.3) is 0 Å². The number of rotatable bonds is 3. The van der Waals surface area contributed by atoms with E-state index >= 15 is 0 Å². The SMILES string of the molecule is CC(=O)OCC(=O)[C@@]1(O)[C@@H](C)C[C@H]2[C@@H]3CCC4=CC(=O)C=C[C@]4(C)[C@H]3[C@H](O)C[C@@]21C. The van der Waals surface area contributed by atoms with E-state index < -0.39 is 35.5 Å². The molecule has 30 heavy (non-hydrogen) atoms. The average molecular weight is 417 g/mol. The van der Waals surface area contributed by atoms with Crippen LogP contribution >= 0.6 is 0 Å². The van der Waals surface area contributed by atoms with E-state index in [9.17, 15) is 24.6 Å². The van der Waals surface area contributed by atoms with Gasteiger partial charge in [-0.05, 0) is 55.6 Å². The highest BCUT2D eigenvalue weighted by Gasteiger charge is 2.70. The highest BCUT2D eigenvalue weighted by molar-refractivity contribution is 6.01. The summed E-state index contributed by atoms with van der Waals surface area (Å²) in [5, 5.41) is 23.1. The van der Waals surface area contributed by atoms with Crippen molar-refractivity contribution in [2.45, 2.75) is 65.1 Å². The molecular weight excluding hydrogens is 384 g/mol. The number of hydrogen-bond acceptors (Lipinski definition) is 6. The molecule has 0 heterocycles. The molecule has 0 bridgehead atoms. The Morgan fingerprint density at radius 1 is 1.30 bits per heavy atom. The normalized spacial score (nSPS) is 47.1. The smallest absolute Gasteiger partial charge is 0.303 e. The van der Waals surface area contributed by atoms with Gasteiger partial charge in [0.1, 0.15) is 5.60 Å². The number of hydrogen-bond donors (Lipinski definition) is 2. The van der Waals surface area contributed by atoms with Gasteiger partial charge in [-0.3, -0.25) is 14.4 Å². The van der Waals surface area contributed by atoms with Crippen molar-refractivity contribution in [2.75, 3.05) is 6.61 Å². The Hall–Kier alpha value is -1.79. The second-order valence-corrected chi connectivity index (χ2v) is 10.3. The molecule has 0 aromatic carbocycles. The minimum Gasteiger partial charge on any atom is -0.458 e. The van der Waals surface area contributed by atoms with Gasteiger partial charge in [-0.15, -0.1) is 0 Å². The number of ketones is 2. The van der Waals surface area contributed by atoms with E-state index in [1.165, 1.54) is 6.92 Å². The van der Waals surface area contributed by atoms with E-state index in [1.54, 1.807) is 12.2 Å². The molecule has 0 radical (unpaired) electrons. The van der Waals surface area contributed by atoms with Gasteiger partial charge in [0.15, 0.2) is 12.4 Å². The molecule has 0 saturated heterocycles. The Labute approximate surface area is 177 Å². The second-order valence-electron chi connectivity index (χ2n) is 10.3. The molecule has 8 atom stereocenters. The standard InChI is InChI=1S/C24H32O6/c1-13-9-18-17-6-5-15-10-16(26)7-8-22(15,3)21(17)19(27)11-23(18,4)24(13,29)20(28)12-30-14(2)25/h7-8,10,13,17-19,21,27,29H,5-6,9,11-12H2,1-4H3/t13-,17-,18-,19+,21+,22-,23-,24-/m0/s1. The molecule has 4 aliphatic rings. The summed E-state index contributed by atoms with van der Waals surface area (Å²) in [6.45, 7) is 6.69. The first kappa shape index (κ1) is 21.4. The van der Waals surface area contributed by atoms with Gasteiger partial charge in [-0.25, -0.2) is 0 Å². The maximum atomic E-state index is 13.1. The lowest BCUT2D eigenvalue weighted by atomic mass is 9.46. The Bertz CT molecular complexity index is 858. The molecule has 0 aromatic heterocycles. The summed E-state index contributed by atoms with van der Waals surface area (Å²) < 4.78 is 4.93. The van der Waals surface area contributed by atoms with Gasteiger partial charge >= 0.3 is 5.97 Å². The number of allylic oxidation sites excluding steroid dienone is 4. The molecule has 0 aliphatic heterocycles. The average Bonchev–Trinajstić information content (AvgIpc) is 2.87. The van der Waals surface area contributed by atoms with Crippen LogP contribution in [0, 0.1) is 34.5 Å². The minimum atomic E-state index is -1.64. The first-order valence-electron chi connectivity index (χ1n) is 11.0.